The Morgan fingerprint density at radius 3 is 3.15 bits per heavy atom. The molecule has 3 nitrogen and oxygen atoms in total. The molecule has 1 amide bonds. The van der Waals surface area contributed by atoms with E-state index in [-0.39, 0.29) is 5.91 Å². The van der Waals surface area contributed by atoms with E-state index in [4.69, 9.17) is 5.73 Å². The number of nitrogens with one attached hydrogen (secondary N) is 1. The predicted octanol–water partition coefficient (Wildman–Crippen LogP) is 0.931. The van der Waals surface area contributed by atoms with Crippen LogP contribution in [0.1, 0.15) is 19.8 Å². The number of nitrogens with two attached hydrogens (primary N) is 1. The second kappa shape index (κ2) is 4.70. The van der Waals surface area contributed by atoms with Gasteiger partial charge in [0.15, 0.2) is 0 Å². The first-order chi connectivity index (χ1) is 6.20. The molecule has 0 fully saturated rings. The molecular formula is C10H16N2O. The van der Waals surface area contributed by atoms with E-state index in [0.717, 1.165) is 18.5 Å². The van der Waals surface area contributed by atoms with Gasteiger partial charge in [-0.3, -0.25) is 4.79 Å². The highest BCUT2D eigenvalue weighted by Crippen LogP contribution is 2.18. The predicted molar refractivity (Wildman–Crippen MR) is 52.8 cm³/mol. The van der Waals surface area contributed by atoms with Crippen molar-refractivity contribution in [2.45, 2.75) is 19.8 Å². The van der Waals surface area contributed by atoms with Gasteiger partial charge in [-0.25, -0.2) is 0 Å². The third kappa shape index (κ3) is 3.32. The molecule has 0 saturated carbocycles. The smallest absolute Gasteiger partial charge is 0.221 e. The lowest BCUT2D eigenvalue weighted by atomic mass is 9.94. The molecular weight excluding hydrogens is 164 g/mol. The van der Waals surface area contributed by atoms with Crippen molar-refractivity contribution in [1.29, 1.82) is 0 Å². The zero-order valence-electron chi connectivity index (χ0n) is 7.92. The van der Waals surface area contributed by atoms with Crippen LogP contribution in [-0.2, 0) is 4.79 Å². The van der Waals surface area contributed by atoms with Crippen LogP contribution >= 0.6 is 0 Å². The molecule has 0 aromatic rings. The fourth-order valence-electron chi connectivity index (χ4n) is 1.36. The van der Waals surface area contributed by atoms with Gasteiger partial charge in [-0.2, -0.15) is 0 Å². The number of primary amides is 1. The first-order valence-corrected chi connectivity index (χ1v) is 4.55. The Balaban J connectivity index is 2.62. The molecule has 0 spiro atoms. The van der Waals surface area contributed by atoms with Crippen molar-refractivity contribution >= 4 is 5.91 Å². The summed E-state index contributed by atoms with van der Waals surface area (Å²) in [5.41, 5.74) is 6.24. The molecule has 0 radical (unpaired) electrons. The third-order valence-corrected chi connectivity index (χ3v) is 2.19. The molecule has 1 unspecified atom stereocenters. The maximum absolute atomic E-state index is 10.7. The lowest BCUT2D eigenvalue weighted by Crippen LogP contribution is -2.18. The molecule has 0 aromatic heterocycles. The molecule has 0 aromatic carbocycles. The van der Waals surface area contributed by atoms with E-state index in [1.54, 1.807) is 0 Å². The Morgan fingerprint density at radius 2 is 2.46 bits per heavy atom. The van der Waals surface area contributed by atoms with Gasteiger partial charge in [0.25, 0.3) is 0 Å². The lowest BCUT2D eigenvalue weighted by molar-refractivity contribution is -0.117. The first-order valence-electron chi connectivity index (χ1n) is 4.55. The molecule has 1 aliphatic rings. The molecule has 1 rings (SSSR count). The summed E-state index contributed by atoms with van der Waals surface area (Å²) in [7, 11) is 0. The van der Waals surface area contributed by atoms with Crippen molar-refractivity contribution in [2.24, 2.45) is 11.7 Å². The summed E-state index contributed by atoms with van der Waals surface area (Å²) in [5.74, 6) is 0.140. The van der Waals surface area contributed by atoms with Crippen molar-refractivity contribution in [3.8, 4) is 0 Å². The average molecular weight is 180 g/mol. The summed E-state index contributed by atoms with van der Waals surface area (Å²) in [6.45, 7) is 2.93. The summed E-state index contributed by atoms with van der Waals surface area (Å²) < 4.78 is 0. The van der Waals surface area contributed by atoms with Gasteiger partial charge in [0.1, 0.15) is 0 Å². The van der Waals surface area contributed by atoms with E-state index in [2.05, 4.69) is 24.4 Å². The summed E-state index contributed by atoms with van der Waals surface area (Å²) in [5, 5.41) is 3.12. The molecule has 13 heavy (non-hydrogen) atoms. The summed E-state index contributed by atoms with van der Waals surface area (Å²) >= 11 is 0. The van der Waals surface area contributed by atoms with E-state index in [9.17, 15) is 4.79 Å². The van der Waals surface area contributed by atoms with E-state index < -0.39 is 0 Å². The molecule has 0 saturated heterocycles. The topological polar surface area (TPSA) is 55.1 Å². The molecule has 1 atom stereocenters. The van der Waals surface area contributed by atoms with Crippen LogP contribution < -0.4 is 11.1 Å². The molecule has 1 aliphatic heterocycles. The van der Waals surface area contributed by atoms with E-state index in [0.29, 0.717) is 12.3 Å². The fourth-order valence-corrected chi connectivity index (χ4v) is 1.36. The number of carbonyl (C=O) groups excluding carboxylic acids is 1. The Kier molecular flexibility index (Phi) is 3.55. The van der Waals surface area contributed by atoms with Crippen molar-refractivity contribution in [1.82, 2.24) is 5.32 Å². The van der Waals surface area contributed by atoms with Gasteiger partial charge in [-0.05, 0) is 24.1 Å². The largest absolute Gasteiger partial charge is 0.387 e. The minimum absolute atomic E-state index is 0.260. The summed E-state index contributed by atoms with van der Waals surface area (Å²) in [6, 6.07) is 0. The summed E-state index contributed by atoms with van der Waals surface area (Å²) in [4.78, 5) is 10.7. The Hall–Kier alpha value is -1.25. The van der Waals surface area contributed by atoms with Crippen LogP contribution in [0, 0.1) is 5.92 Å². The summed E-state index contributed by atoms with van der Waals surface area (Å²) in [6.07, 6.45) is 7.49. The van der Waals surface area contributed by atoms with Gasteiger partial charge >= 0.3 is 0 Å². The number of rotatable bonds is 2. The SMILES string of the molecule is CC1C/C=C\CNC=C1CC(N)=O. The second-order valence-corrected chi connectivity index (χ2v) is 3.38. The monoisotopic (exact) mass is 180 g/mol. The minimum Gasteiger partial charge on any atom is -0.387 e. The zero-order valence-corrected chi connectivity index (χ0v) is 7.92. The molecule has 1 heterocycles. The second-order valence-electron chi connectivity index (χ2n) is 3.38. The van der Waals surface area contributed by atoms with E-state index in [1.807, 2.05) is 6.20 Å². The maximum atomic E-state index is 10.7. The molecule has 3 N–H and O–H groups in total. The van der Waals surface area contributed by atoms with Gasteiger partial charge in [0, 0.05) is 13.0 Å². The number of amides is 1. The lowest BCUT2D eigenvalue weighted by Gasteiger charge is -2.15. The number of allylic oxidation sites excluding steroid dienone is 1. The maximum Gasteiger partial charge on any atom is 0.221 e. The van der Waals surface area contributed by atoms with E-state index >= 15 is 0 Å². The van der Waals surface area contributed by atoms with Crippen LogP contribution in [-0.4, -0.2) is 12.5 Å². The van der Waals surface area contributed by atoms with Gasteiger partial charge in [-0.15, -0.1) is 0 Å². The van der Waals surface area contributed by atoms with Crippen LogP contribution in [0.5, 0.6) is 0 Å². The molecule has 72 valence electrons. The average Bonchev–Trinajstić information content (AvgIpc) is 2.04. The van der Waals surface area contributed by atoms with Gasteiger partial charge in [-0.1, -0.05) is 19.1 Å². The normalized spacial score (nSPS) is 25.0. The Labute approximate surface area is 78.7 Å². The van der Waals surface area contributed by atoms with E-state index in [1.165, 1.54) is 0 Å². The van der Waals surface area contributed by atoms with Crippen LogP contribution in [0.2, 0.25) is 0 Å². The van der Waals surface area contributed by atoms with Crippen molar-refractivity contribution in [3.63, 3.8) is 0 Å². The molecule has 3 heteroatoms. The van der Waals surface area contributed by atoms with Crippen molar-refractivity contribution < 1.29 is 4.79 Å². The Bertz CT molecular complexity index is 243. The highest BCUT2D eigenvalue weighted by molar-refractivity contribution is 5.76. The fraction of sp³-hybridized carbons (Fsp3) is 0.500. The van der Waals surface area contributed by atoms with Crippen LogP contribution in [0.25, 0.3) is 0 Å². The standard InChI is InChI=1S/C10H16N2O/c1-8-4-2-3-5-12-7-9(8)6-10(11)13/h2-3,7-8,12H,4-6H2,1H3,(H2,11,13)/b3-2-,9-7?. The van der Waals surface area contributed by atoms with Crippen LogP contribution in [0.3, 0.4) is 0 Å². The first kappa shape index (κ1) is 9.84. The van der Waals surface area contributed by atoms with Crippen molar-refractivity contribution in [3.05, 3.63) is 23.9 Å². The quantitative estimate of drug-likeness (QED) is 0.621. The number of hydrogen-bond acceptors (Lipinski definition) is 2. The van der Waals surface area contributed by atoms with Gasteiger partial charge in [0.05, 0.1) is 0 Å². The highest BCUT2D eigenvalue weighted by Gasteiger charge is 2.10. The number of hydrogen-bond donors (Lipinski definition) is 2. The van der Waals surface area contributed by atoms with Crippen LogP contribution in [0.15, 0.2) is 23.9 Å². The highest BCUT2D eigenvalue weighted by atomic mass is 16.1. The Morgan fingerprint density at radius 1 is 1.69 bits per heavy atom. The van der Waals surface area contributed by atoms with Gasteiger partial charge in [0.2, 0.25) is 5.91 Å². The molecule has 0 aliphatic carbocycles. The zero-order chi connectivity index (χ0) is 9.68. The minimum atomic E-state index is -0.260. The number of carbonyl (C=O) groups is 1. The van der Waals surface area contributed by atoms with Crippen molar-refractivity contribution in [2.75, 3.05) is 6.54 Å². The molecule has 0 bridgehead atoms. The van der Waals surface area contributed by atoms with Gasteiger partial charge < -0.3 is 11.1 Å². The van der Waals surface area contributed by atoms with Crippen LogP contribution in [0.4, 0.5) is 0 Å². The third-order valence-electron chi connectivity index (χ3n) is 2.19.